The number of carbonyl (C=O) groups excluding carboxylic acids is 1. The number of carbonyl (C=O) groups is 1. The number of phenols is 2. The molecular formula is C14H13N3O3. The molecule has 0 aliphatic heterocycles. The quantitative estimate of drug-likeness (QED) is 0.583. The summed E-state index contributed by atoms with van der Waals surface area (Å²) < 4.78 is 0. The molecule has 0 aliphatic carbocycles. The van der Waals surface area contributed by atoms with Crippen molar-refractivity contribution < 1.29 is 15.0 Å². The van der Waals surface area contributed by atoms with E-state index in [1.807, 2.05) is 0 Å². The van der Waals surface area contributed by atoms with Gasteiger partial charge in [-0.1, -0.05) is 0 Å². The van der Waals surface area contributed by atoms with Crippen molar-refractivity contribution in [2.75, 3.05) is 0 Å². The highest BCUT2D eigenvalue weighted by molar-refractivity contribution is 5.95. The van der Waals surface area contributed by atoms with Gasteiger partial charge in [0, 0.05) is 24.0 Å². The number of hydrogen-bond donors (Lipinski definition) is 3. The predicted molar refractivity (Wildman–Crippen MR) is 73.8 cm³/mol. The van der Waals surface area contributed by atoms with Crippen LogP contribution in [0.3, 0.4) is 0 Å². The van der Waals surface area contributed by atoms with Crippen molar-refractivity contribution in [1.29, 1.82) is 0 Å². The van der Waals surface area contributed by atoms with Crippen molar-refractivity contribution in [3.8, 4) is 11.5 Å². The lowest BCUT2D eigenvalue weighted by Crippen LogP contribution is -2.17. The second-order valence-corrected chi connectivity index (χ2v) is 4.14. The Balaban J connectivity index is 2.10. The number of pyridine rings is 1. The van der Waals surface area contributed by atoms with Gasteiger partial charge < -0.3 is 10.2 Å². The number of aryl methyl sites for hydroxylation is 1. The maximum atomic E-state index is 11.7. The Labute approximate surface area is 115 Å². The molecule has 1 aromatic carbocycles. The summed E-state index contributed by atoms with van der Waals surface area (Å²) in [5, 5.41) is 22.8. The van der Waals surface area contributed by atoms with Crippen LogP contribution in [-0.2, 0) is 0 Å². The van der Waals surface area contributed by atoms with Gasteiger partial charge in [-0.3, -0.25) is 9.78 Å². The zero-order valence-corrected chi connectivity index (χ0v) is 10.7. The van der Waals surface area contributed by atoms with Gasteiger partial charge in [0.25, 0.3) is 5.91 Å². The highest BCUT2D eigenvalue weighted by Crippen LogP contribution is 2.24. The van der Waals surface area contributed by atoms with Gasteiger partial charge in [-0.05, 0) is 30.7 Å². The molecule has 0 saturated carbocycles. The minimum Gasteiger partial charge on any atom is -0.508 e. The first-order chi connectivity index (χ1) is 9.58. The Kier molecular flexibility index (Phi) is 3.95. The largest absolute Gasteiger partial charge is 0.508 e. The van der Waals surface area contributed by atoms with Crippen LogP contribution in [0.4, 0.5) is 0 Å². The van der Waals surface area contributed by atoms with Crippen LogP contribution in [-0.4, -0.2) is 27.3 Å². The summed E-state index contributed by atoms with van der Waals surface area (Å²) in [6.07, 6.45) is 4.31. The zero-order valence-electron chi connectivity index (χ0n) is 10.7. The number of phenolic OH excluding ortho intramolecular Hbond substituents is 2. The van der Waals surface area contributed by atoms with E-state index in [2.05, 4.69) is 15.5 Å². The van der Waals surface area contributed by atoms with Crippen LogP contribution in [0.1, 0.15) is 21.5 Å². The number of aromatic nitrogens is 1. The average Bonchev–Trinajstić information content (AvgIpc) is 2.42. The molecule has 2 rings (SSSR count). The SMILES string of the molecule is Cc1cc(O)cc(O)c1C=NNC(=O)c1cccnc1. The first-order valence-electron chi connectivity index (χ1n) is 5.84. The Bertz CT molecular complexity index is 631. The number of hydrazone groups is 1. The molecule has 6 nitrogen and oxygen atoms in total. The van der Waals surface area contributed by atoms with Gasteiger partial charge in [0.1, 0.15) is 11.5 Å². The fourth-order valence-electron chi connectivity index (χ4n) is 1.65. The summed E-state index contributed by atoms with van der Waals surface area (Å²) in [7, 11) is 0. The second kappa shape index (κ2) is 5.83. The lowest BCUT2D eigenvalue weighted by atomic mass is 10.1. The molecule has 102 valence electrons. The Morgan fingerprint density at radius 3 is 2.85 bits per heavy atom. The normalized spacial score (nSPS) is 10.7. The molecule has 0 bridgehead atoms. The molecule has 0 aliphatic rings. The van der Waals surface area contributed by atoms with E-state index in [0.29, 0.717) is 16.7 Å². The second-order valence-electron chi connectivity index (χ2n) is 4.14. The number of benzene rings is 1. The van der Waals surface area contributed by atoms with Crippen LogP contribution in [0.25, 0.3) is 0 Å². The lowest BCUT2D eigenvalue weighted by molar-refractivity contribution is 0.0954. The van der Waals surface area contributed by atoms with Crippen molar-refractivity contribution in [3.05, 3.63) is 53.3 Å². The summed E-state index contributed by atoms with van der Waals surface area (Å²) in [4.78, 5) is 15.5. The molecule has 0 unspecified atom stereocenters. The van der Waals surface area contributed by atoms with Crippen LogP contribution < -0.4 is 5.43 Å². The molecule has 0 spiro atoms. The summed E-state index contributed by atoms with van der Waals surface area (Å²) in [5.74, 6) is -0.538. The first-order valence-corrected chi connectivity index (χ1v) is 5.84. The number of nitrogens with zero attached hydrogens (tertiary/aromatic N) is 2. The van der Waals surface area contributed by atoms with E-state index in [-0.39, 0.29) is 11.5 Å². The third-order valence-electron chi connectivity index (χ3n) is 2.63. The summed E-state index contributed by atoms with van der Waals surface area (Å²) >= 11 is 0. The fraction of sp³-hybridized carbons (Fsp3) is 0.0714. The van der Waals surface area contributed by atoms with E-state index in [4.69, 9.17) is 0 Å². The van der Waals surface area contributed by atoms with Crippen LogP contribution in [0.2, 0.25) is 0 Å². The molecule has 0 radical (unpaired) electrons. The van der Waals surface area contributed by atoms with Crippen molar-refractivity contribution in [2.45, 2.75) is 6.92 Å². The van der Waals surface area contributed by atoms with Crippen LogP contribution in [0.5, 0.6) is 11.5 Å². The van der Waals surface area contributed by atoms with E-state index in [1.165, 1.54) is 24.5 Å². The minimum atomic E-state index is -0.398. The number of rotatable bonds is 3. The van der Waals surface area contributed by atoms with Crippen molar-refractivity contribution in [3.63, 3.8) is 0 Å². The molecule has 2 aromatic rings. The minimum absolute atomic E-state index is 0.0310. The highest BCUT2D eigenvalue weighted by atomic mass is 16.3. The maximum absolute atomic E-state index is 11.7. The smallest absolute Gasteiger partial charge is 0.272 e. The Morgan fingerprint density at radius 1 is 1.40 bits per heavy atom. The van der Waals surface area contributed by atoms with Gasteiger partial charge in [-0.15, -0.1) is 0 Å². The number of amides is 1. The molecule has 20 heavy (non-hydrogen) atoms. The van der Waals surface area contributed by atoms with Crippen molar-refractivity contribution >= 4 is 12.1 Å². The standard InChI is InChI=1S/C14H13N3O3/c1-9-5-11(18)6-13(19)12(9)8-16-17-14(20)10-3-2-4-15-7-10/h2-8,18-19H,1H3,(H,17,20). The van der Waals surface area contributed by atoms with E-state index in [0.717, 1.165) is 0 Å². The van der Waals surface area contributed by atoms with Gasteiger partial charge in [-0.25, -0.2) is 5.43 Å². The van der Waals surface area contributed by atoms with Gasteiger partial charge in [-0.2, -0.15) is 5.10 Å². The van der Waals surface area contributed by atoms with Gasteiger partial charge in [0.05, 0.1) is 11.8 Å². The molecule has 3 N–H and O–H groups in total. The zero-order chi connectivity index (χ0) is 14.5. The summed E-state index contributed by atoms with van der Waals surface area (Å²) in [5.41, 5.74) is 3.78. The Hall–Kier alpha value is -2.89. The predicted octanol–water partition coefficient (Wildman–Crippen LogP) is 1.57. The highest BCUT2D eigenvalue weighted by Gasteiger charge is 2.06. The molecule has 6 heteroatoms. The number of nitrogens with one attached hydrogen (secondary N) is 1. The van der Waals surface area contributed by atoms with Crippen molar-refractivity contribution in [2.24, 2.45) is 5.10 Å². The molecule has 0 atom stereocenters. The van der Waals surface area contributed by atoms with Gasteiger partial charge in [0.2, 0.25) is 0 Å². The van der Waals surface area contributed by atoms with E-state index in [9.17, 15) is 15.0 Å². The van der Waals surface area contributed by atoms with Gasteiger partial charge >= 0.3 is 0 Å². The van der Waals surface area contributed by atoms with E-state index in [1.54, 1.807) is 25.3 Å². The van der Waals surface area contributed by atoms with Gasteiger partial charge in [0.15, 0.2) is 0 Å². The topological polar surface area (TPSA) is 94.8 Å². The molecule has 1 aromatic heterocycles. The molecular weight excluding hydrogens is 258 g/mol. The van der Waals surface area contributed by atoms with E-state index < -0.39 is 5.91 Å². The molecule has 0 saturated heterocycles. The molecule has 1 heterocycles. The monoisotopic (exact) mass is 271 g/mol. The average molecular weight is 271 g/mol. The maximum Gasteiger partial charge on any atom is 0.272 e. The molecule has 0 fully saturated rings. The number of hydrogen-bond acceptors (Lipinski definition) is 5. The Morgan fingerprint density at radius 2 is 2.20 bits per heavy atom. The van der Waals surface area contributed by atoms with Crippen LogP contribution >= 0.6 is 0 Å². The lowest BCUT2D eigenvalue weighted by Gasteiger charge is -2.04. The third kappa shape index (κ3) is 3.11. The summed E-state index contributed by atoms with van der Waals surface area (Å²) in [6.45, 7) is 1.71. The van der Waals surface area contributed by atoms with Crippen molar-refractivity contribution in [1.82, 2.24) is 10.4 Å². The summed E-state index contributed by atoms with van der Waals surface area (Å²) in [6, 6.07) is 5.96. The fourth-order valence-corrected chi connectivity index (χ4v) is 1.65. The molecule has 1 amide bonds. The van der Waals surface area contributed by atoms with E-state index >= 15 is 0 Å². The number of aromatic hydroxyl groups is 2. The third-order valence-corrected chi connectivity index (χ3v) is 2.63. The first kappa shape index (κ1) is 13.5. The van der Waals surface area contributed by atoms with Crippen LogP contribution in [0, 0.1) is 6.92 Å². The van der Waals surface area contributed by atoms with Crippen LogP contribution in [0.15, 0.2) is 41.8 Å².